The molecule has 0 N–H and O–H groups in total. The quantitative estimate of drug-likeness (QED) is 0.802. The van der Waals surface area contributed by atoms with Crippen LogP contribution in [0.2, 0.25) is 0 Å². The van der Waals surface area contributed by atoms with Crippen molar-refractivity contribution in [3.8, 4) is 17.3 Å². The van der Waals surface area contributed by atoms with Crippen molar-refractivity contribution in [1.82, 2.24) is 9.97 Å². The molecule has 2 rings (SSSR count). The van der Waals surface area contributed by atoms with Gasteiger partial charge >= 0.3 is 0 Å². The zero-order valence-corrected chi connectivity index (χ0v) is 10.2. The summed E-state index contributed by atoms with van der Waals surface area (Å²) in [5.41, 5.74) is 2.89. The molecule has 2 aromatic rings. The number of nitrogens with zero attached hydrogens (tertiary/aromatic N) is 3. The van der Waals surface area contributed by atoms with Crippen LogP contribution in [-0.4, -0.2) is 9.97 Å². The number of rotatable bonds is 1. The number of aryl methyl sites for hydroxylation is 1. The smallest absolute Gasteiger partial charge is 0.227 e. The van der Waals surface area contributed by atoms with Gasteiger partial charge in [-0.15, -0.1) is 0 Å². The summed E-state index contributed by atoms with van der Waals surface area (Å²) in [5.74, 6) is 0.192. The van der Waals surface area contributed by atoms with Crippen molar-refractivity contribution >= 4 is 15.9 Å². The van der Waals surface area contributed by atoms with Gasteiger partial charge in [0, 0.05) is 16.2 Å². The summed E-state index contributed by atoms with van der Waals surface area (Å²) >= 11 is 3.42. The molecule has 0 amide bonds. The molecule has 16 heavy (non-hydrogen) atoms. The number of aromatic nitrogens is 2. The molecule has 0 saturated heterocycles. The molecule has 0 atom stereocenters. The second-order valence-corrected chi connectivity index (χ2v) is 4.25. The van der Waals surface area contributed by atoms with Crippen LogP contribution < -0.4 is 0 Å². The van der Waals surface area contributed by atoms with Crippen molar-refractivity contribution in [3.63, 3.8) is 0 Å². The Kier molecular flexibility index (Phi) is 2.97. The molecule has 0 fully saturated rings. The monoisotopic (exact) mass is 273 g/mol. The number of hydrogen-bond acceptors (Lipinski definition) is 3. The van der Waals surface area contributed by atoms with Crippen molar-refractivity contribution in [1.29, 1.82) is 5.26 Å². The maximum absolute atomic E-state index is 8.75. The van der Waals surface area contributed by atoms with Crippen LogP contribution in [0.5, 0.6) is 0 Å². The SMILES string of the molecule is Cc1ccc(Br)cc1-c1ccnc(C#N)n1. The summed E-state index contributed by atoms with van der Waals surface area (Å²) in [5, 5.41) is 8.75. The first-order valence-electron chi connectivity index (χ1n) is 4.70. The van der Waals surface area contributed by atoms with E-state index < -0.39 is 0 Å². The minimum atomic E-state index is 0.192. The molecule has 0 saturated carbocycles. The van der Waals surface area contributed by atoms with Gasteiger partial charge in [0.25, 0.3) is 0 Å². The van der Waals surface area contributed by atoms with Crippen LogP contribution in [0.15, 0.2) is 34.9 Å². The minimum absolute atomic E-state index is 0.192. The van der Waals surface area contributed by atoms with E-state index in [0.29, 0.717) is 0 Å². The number of benzene rings is 1. The van der Waals surface area contributed by atoms with Crippen LogP contribution >= 0.6 is 15.9 Å². The van der Waals surface area contributed by atoms with E-state index in [1.165, 1.54) is 0 Å². The molecule has 0 unspecified atom stereocenters. The lowest BCUT2D eigenvalue weighted by atomic mass is 10.1. The van der Waals surface area contributed by atoms with Gasteiger partial charge in [0.1, 0.15) is 6.07 Å². The largest absolute Gasteiger partial charge is 0.232 e. The summed E-state index contributed by atoms with van der Waals surface area (Å²) in [4.78, 5) is 8.02. The highest BCUT2D eigenvalue weighted by molar-refractivity contribution is 9.10. The molecule has 0 aliphatic carbocycles. The van der Waals surface area contributed by atoms with Crippen LogP contribution in [0.1, 0.15) is 11.4 Å². The average molecular weight is 274 g/mol. The van der Waals surface area contributed by atoms with Crippen LogP contribution in [0.25, 0.3) is 11.3 Å². The molecule has 0 radical (unpaired) electrons. The summed E-state index contributed by atoms with van der Waals surface area (Å²) < 4.78 is 0.991. The summed E-state index contributed by atoms with van der Waals surface area (Å²) in [6.07, 6.45) is 1.60. The molecule has 1 heterocycles. The summed E-state index contributed by atoms with van der Waals surface area (Å²) in [6.45, 7) is 2.01. The molecule has 0 aliphatic heterocycles. The van der Waals surface area contributed by atoms with Crippen molar-refractivity contribution in [2.24, 2.45) is 0 Å². The van der Waals surface area contributed by atoms with E-state index in [9.17, 15) is 0 Å². The normalized spacial score (nSPS) is 9.81. The van der Waals surface area contributed by atoms with E-state index in [1.54, 1.807) is 12.3 Å². The van der Waals surface area contributed by atoms with Gasteiger partial charge in [-0.1, -0.05) is 22.0 Å². The lowest BCUT2D eigenvalue weighted by Gasteiger charge is -2.05. The number of nitriles is 1. The molecule has 0 bridgehead atoms. The summed E-state index contributed by atoms with van der Waals surface area (Å²) in [6, 6.07) is 9.71. The highest BCUT2D eigenvalue weighted by Crippen LogP contribution is 2.24. The third kappa shape index (κ3) is 2.10. The topological polar surface area (TPSA) is 49.6 Å². The summed E-state index contributed by atoms with van der Waals surface area (Å²) in [7, 11) is 0. The second-order valence-electron chi connectivity index (χ2n) is 3.34. The molecular formula is C12H8BrN3. The van der Waals surface area contributed by atoms with Crippen LogP contribution in [0.3, 0.4) is 0 Å². The Morgan fingerprint density at radius 1 is 1.31 bits per heavy atom. The van der Waals surface area contributed by atoms with Crippen LogP contribution in [-0.2, 0) is 0 Å². The van der Waals surface area contributed by atoms with E-state index in [4.69, 9.17) is 5.26 Å². The Morgan fingerprint density at radius 2 is 2.12 bits per heavy atom. The van der Waals surface area contributed by atoms with Crippen molar-refractivity contribution < 1.29 is 0 Å². The van der Waals surface area contributed by atoms with Crippen molar-refractivity contribution in [2.75, 3.05) is 0 Å². The van der Waals surface area contributed by atoms with Gasteiger partial charge < -0.3 is 0 Å². The van der Waals surface area contributed by atoms with E-state index in [1.807, 2.05) is 31.2 Å². The molecule has 0 spiro atoms. The van der Waals surface area contributed by atoms with E-state index in [-0.39, 0.29) is 5.82 Å². The van der Waals surface area contributed by atoms with Crippen LogP contribution in [0.4, 0.5) is 0 Å². The molecular weight excluding hydrogens is 266 g/mol. The maximum atomic E-state index is 8.75. The van der Waals surface area contributed by atoms with Crippen molar-refractivity contribution in [2.45, 2.75) is 6.92 Å². The standard InChI is InChI=1S/C12H8BrN3/c1-8-2-3-9(13)6-10(8)11-4-5-15-12(7-14)16-11/h2-6H,1H3. The van der Waals surface area contributed by atoms with Gasteiger partial charge in [-0.2, -0.15) is 5.26 Å². The van der Waals surface area contributed by atoms with E-state index in [2.05, 4.69) is 25.9 Å². The zero-order chi connectivity index (χ0) is 11.5. The van der Waals surface area contributed by atoms with Gasteiger partial charge in [-0.25, -0.2) is 9.97 Å². The first-order chi connectivity index (χ1) is 7.70. The fourth-order valence-corrected chi connectivity index (χ4v) is 1.79. The molecule has 78 valence electrons. The molecule has 1 aromatic heterocycles. The van der Waals surface area contributed by atoms with Gasteiger partial charge in [-0.05, 0) is 30.7 Å². The van der Waals surface area contributed by atoms with E-state index >= 15 is 0 Å². The highest BCUT2D eigenvalue weighted by Gasteiger charge is 2.05. The van der Waals surface area contributed by atoms with Gasteiger partial charge in [0.05, 0.1) is 5.69 Å². The Bertz CT molecular complexity index is 573. The number of halogens is 1. The van der Waals surface area contributed by atoms with Gasteiger partial charge in [-0.3, -0.25) is 0 Å². The number of hydrogen-bond donors (Lipinski definition) is 0. The van der Waals surface area contributed by atoms with Gasteiger partial charge in [0.2, 0.25) is 5.82 Å². The fourth-order valence-electron chi connectivity index (χ4n) is 1.43. The Balaban J connectivity index is 2.58. The molecule has 1 aromatic carbocycles. The van der Waals surface area contributed by atoms with Gasteiger partial charge in [0.15, 0.2) is 0 Å². The zero-order valence-electron chi connectivity index (χ0n) is 8.61. The third-order valence-corrected chi connectivity index (χ3v) is 2.72. The molecule has 0 aliphatic rings. The van der Waals surface area contributed by atoms with Crippen molar-refractivity contribution in [3.05, 3.63) is 46.3 Å². The predicted octanol–water partition coefficient (Wildman–Crippen LogP) is 3.09. The first-order valence-corrected chi connectivity index (χ1v) is 5.49. The fraction of sp³-hybridized carbons (Fsp3) is 0.0833. The third-order valence-electron chi connectivity index (χ3n) is 2.23. The lowest BCUT2D eigenvalue weighted by Crippen LogP contribution is -1.92. The Morgan fingerprint density at radius 3 is 2.88 bits per heavy atom. The maximum Gasteiger partial charge on any atom is 0.232 e. The van der Waals surface area contributed by atoms with Crippen LogP contribution in [0, 0.1) is 18.3 Å². The minimum Gasteiger partial charge on any atom is -0.227 e. The second kappa shape index (κ2) is 4.42. The van der Waals surface area contributed by atoms with E-state index in [0.717, 1.165) is 21.3 Å². The highest BCUT2D eigenvalue weighted by atomic mass is 79.9. The Hall–Kier alpha value is -1.73. The average Bonchev–Trinajstić information content (AvgIpc) is 2.32. The molecule has 3 nitrogen and oxygen atoms in total. The lowest BCUT2D eigenvalue weighted by molar-refractivity contribution is 1.11. The Labute approximate surface area is 102 Å². The molecule has 4 heteroatoms. The first kappa shape index (κ1) is 10.8. The predicted molar refractivity (Wildman–Crippen MR) is 64.6 cm³/mol.